The van der Waals surface area contributed by atoms with E-state index in [0.29, 0.717) is 6.54 Å². The highest BCUT2D eigenvalue weighted by Crippen LogP contribution is 2.16. The highest BCUT2D eigenvalue weighted by atomic mass is 15.5. The van der Waals surface area contributed by atoms with E-state index in [-0.39, 0.29) is 0 Å². The van der Waals surface area contributed by atoms with Crippen molar-refractivity contribution in [3.8, 4) is 0 Å². The average molecular weight is 213 g/mol. The quantitative estimate of drug-likeness (QED) is 0.817. The molecule has 1 aliphatic rings. The monoisotopic (exact) mass is 213 g/mol. The molecule has 0 aliphatic carbocycles. The highest BCUT2D eigenvalue weighted by molar-refractivity contribution is 5.76. The second-order valence-electron chi connectivity index (χ2n) is 3.64. The Kier molecular flexibility index (Phi) is 2.14. The number of hydrogen-bond donors (Lipinski definition) is 1. The van der Waals surface area contributed by atoms with Gasteiger partial charge in [-0.25, -0.2) is 4.68 Å². The largest absolute Gasteiger partial charge is 0.330 e. The number of rotatable bonds is 2. The van der Waals surface area contributed by atoms with Crippen LogP contribution in [0.5, 0.6) is 0 Å². The minimum Gasteiger partial charge on any atom is -0.330 e. The standard InChI is InChI=1S/C11H11N5/c1-2-4-9(5-3-1)7-16-11-10(14-15-16)6-12-8-13-11/h1-5,8H,6-7H2,(H,12,13). The molecule has 0 saturated carbocycles. The molecule has 5 heteroatoms. The zero-order chi connectivity index (χ0) is 10.8. The molecule has 1 aliphatic heterocycles. The number of hydrogen-bond acceptors (Lipinski definition) is 4. The van der Waals surface area contributed by atoms with Crippen LogP contribution in [0.1, 0.15) is 11.3 Å². The number of anilines is 1. The van der Waals surface area contributed by atoms with Gasteiger partial charge in [-0.15, -0.1) is 5.10 Å². The predicted molar refractivity (Wildman–Crippen MR) is 61.4 cm³/mol. The molecule has 0 fully saturated rings. The summed E-state index contributed by atoms with van der Waals surface area (Å²) in [5.41, 5.74) is 2.11. The fourth-order valence-electron chi connectivity index (χ4n) is 1.72. The zero-order valence-corrected chi connectivity index (χ0v) is 8.67. The minimum atomic E-state index is 0.608. The number of nitrogens with zero attached hydrogens (tertiary/aromatic N) is 4. The lowest BCUT2D eigenvalue weighted by molar-refractivity contribution is 0.657. The summed E-state index contributed by atoms with van der Waals surface area (Å²) in [5, 5.41) is 11.3. The molecule has 0 amide bonds. The van der Waals surface area contributed by atoms with Gasteiger partial charge in [0.05, 0.1) is 19.4 Å². The van der Waals surface area contributed by atoms with Gasteiger partial charge in [-0.2, -0.15) is 0 Å². The predicted octanol–water partition coefficient (Wildman–Crippen LogP) is 1.28. The van der Waals surface area contributed by atoms with E-state index in [2.05, 4.69) is 32.8 Å². The Balaban J connectivity index is 1.89. The van der Waals surface area contributed by atoms with Crippen LogP contribution >= 0.6 is 0 Å². The maximum Gasteiger partial charge on any atom is 0.155 e. The summed E-state index contributed by atoms with van der Waals surface area (Å²) in [7, 11) is 0. The number of aromatic nitrogens is 3. The number of fused-ring (bicyclic) bond motifs is 1. The van der Waals surface area contributed by atoms with E-state index in [4.69, 9.17) is 0 Å². The van der Waals surface area contributed by atoms with Gasteiger partial charge in [-0.1, -0.05) is 35.5 Å². The lowest BCUT2D eigenvalue weighted by atomic mass is 10.2. The molecule has 2 heterocycles. The molecule has 0 unspecified atom stereocenters. The average Bonchev–Trinajstić information content (AvgIpc) is 2.74. The van der Waals surface area contributed by atoms with Crippen molar-refractivity contribution < 1.29 is 0 Å². The number of nitrogens with one attached hydrogen (secondary N) is 1. The molecule has 0 bridgehead atoms. The van der Waals surface area contributed by atoms with Crippen molar-refractivity contribution in [3.05, 3.63) is 41.6 Å². The third kappa shape index (κ3) is 1.56. The van der Waals surface area contributed by atoms with Crippen LogP contribution in [0.2, 0.25) is 0 Å². The first kappa shape index (κ1) is 9.08. The molecule has 2 aromatic rings. The fraction of sp³-hybridized carbons (Fsp3) is 0.182. The van der Waals surface area contributed by atoms with Gasteiger partial charge in [0.25, 0.3) is 0 Å². The molecular weight excluding hydrogens is 202 g/mol. The summed E-state index contributed by atoms with van der Waals surface area (Å²) in [5.74, 6) is 0.943. The maximum absolute atomic E-state index is 4.12. The van der Waals surface area contributed by atoms with Crippen LogP contribution in [-0.4, -0.2) is 21.3 Å². The fourth-order valence-corrected chi connectivity index (χ4v) is 1.72. The summed E-state index contributed by atoms with van der Waals surface area (Å²) in [6.07, 6.45) is 1.69. The van der Waals surface area contributed by atoms with Crippen LogP contribution in [0.15, 0.2) is 35.3 Å². The van der Waals surface area contributed by atoms with Crippen molar-refractivity contribution in [2.24, 2.45) is 4.99 Å². The molecule has 1 N–H and O–H groups in total. The molecule has 1 aromatic carbocycles. The number of benzene rings is 1. The van der Waals surface area contributed by atoms with E-state index in [9.17, 15) is 0 Å². The van der Waals surface area contributed by atoms with Crippen LogP contribution in [-0.2, 0) is 13.1 Å². The van der Waals surface area contributed by atoms with Gasteiger partial charge < -0.3 is 5.32 Å². The summed E-state index contributed by atoms with van der Waals surface area (Å²) in [4.78, 5) is 4.09. The Morgan fingerprint density at radius 3 is 3.00 bits per heavy atom. The van der Waals surface area contributed by atoms with Gasteiger partial charge in [0.1, 0.15) is 5.69 Å². The molecule has 1 aromatic heterocycles. The normalized spacial score (nSPS) is 13.2. The van der Waals surface area contributed by atoms with E-state index in [1.807, 2.05) is 22.9 Å². The molecule has 0 spiro atoms. The SMILES string of the molecule is C1=NCc2nnn(Cc3ccccc3)c2N1. The maximum atomic E-state index is 4.12. The summed E-state index contributed by atoms with van der Waals surface area (Å²) in [6.45, 7) is 1.33. The van der Waals surface area contributed by atoms with Crippen molar-refractivity contribution in [3.63, 3.8) is 0 Å². The van der Waals surface area contributed by atoms with Crippen LogP contribution < -0.4 is 5.32 Å². The summed E-state index contributed by atoms with van der Waals surface area (Å²) in [6, 6.07) is 10.2. The first-order valence-electron chi connectivity index (χ1n) is 5.14. The van der Waals surface area contributed by atoms with Gasteiger partial charge >= 0.3 is 0 Å². The molecular formula is C11H11N5. The molecule has 16 heavy (non-hydrogen) atoms. The summed E-state index contributed by atoms with van der Waals surface area (Å²) >= 11 is 0. The van der Waals surface area contributed by atoms with Gasteiger partial charge in [0.15, 0.2) is 5.82 Å². The Bertz CT molecular complexity index is 514. The van der Waals surface area contributed by atoms with Gasteiger partial charge in [-0.05, 0) is 5.56 Å². The first-order valence-corrected chi connectivity index (χ1v) is 5.14. The first-order chi connectivity index (χ1) is 7.93. The third-order valence-electron chi connectivity index (χ3n) is 2.51. The van der Waals surface area contributed by atoms with Crippen molar-refractivity contribution in [2.75, 3.05) is 5.32 Å². The second-order valence-corrected chi connectivity index (χ2v) is 3.64. The van der Waals surface area contributed by atoms with Crippen molar-refractivity contribution in [1.82, 2.24) is 15.0 Å². The van der Waals surface area contributed by atoms with Crippen molar-refractivity contribution in [2.45, 2.75) is 13.1 Å². The van der Waals surface area contributed by atoms with E-state index in [0.717, 1.165) is 18.1 Å². The van der Waals surface area contributed by atoms with Crippen LogP contribution in [0, 0.1) is 0 Å². The molecule has 0 saturated heterocycles. The zero-order valence-electron chi connectivity index (χ0n) is 8.67. The second kappa shape index (κ2) is 3.77. The van der Waals surface area contributed by atoms with Crippen LogP contribution in [0.25, 0.3) is 0 Å². The lowest BCUT2D eigenvalue weighted by Gasteiger charge is -2.09. The van der Waals surface area contributed by atoms with E-state index >= 15 is 0 Å². The van der Waals surface area contributed by atoms with Crippen LogP contribution in [0.4, 0.5) is 5.82 Å². The van der Waals surface area contributed by atoms with E-state index in [1.165, 1.54) is 5.56 Å². The number of aliphatic imine (C=N–C) groups is 1. The Hall–Kier alpha value is -2.17. The van der Waals surface area contributed by atoms with Crippen LogP contribution in [0.3, 0.4) is 0 Å². The molecule has 0 radical (unpaired) electrons. The van der Waals surface area contributed by atoms with Gasteiger partial charge in [0, 0.05) is 0 Å². The molecule has 80 valence electrons. The minimum absolute atomic E-state index is 0.608. The van der Waals surface area contributed by atoms with Crippen molar-refractivity contribution >= 4 is 12.2 Å². The molecule has 5 nitrogen and oxygen atoms in total. The van der Waals surface area contributed by atoms with Crippen molar-refractivity contribution in [1.29, 1.82) is 0 Å². The van der Waals surface area contributed by atoms with E-state index < -0.39 is 0 Å². The summed E-state index contributed by atoms with van der Waals surface area (Å²) < 4.78 is 1.86. The lowest BCUT2D eigenvalue weighted by Crippen LogP contribution is -2.11. The smallest absolute Gasteiger partial charge is 0.155 e. The molecule has 3 rings (SSSR count). The Morgan fingerprint density at radius 1 is 1.25 bits per heavy atom. The topological polar surface area (TPSA) is 55.1 Å². The highest BCUT2D eigenvalue weighted by Gasteiger charge is 2.13. The van der Waals surface area contributed by atoms with E-state index in [1.54, 1.807) is 6.34 Å². The van der Waals surface area contributed by atoms with Gasteiger partial charge in [-0.3, -0.25) is 4.99 Å². The van der Waals surface area contributed by atoms with Gasteiger partial charge in [0.2, 0.25) is 0 Å². The Labute approximate surface area is 92.8 Å². The third-order valence-corrected chi connectivity index (χ3v) is 2.51. The molecule has 0 atom stereocenters. The Morgan fingerprint density at radius 2 is 2.12 bits per heavy atom.